The number of allylic oxidation sites excluding steroid dienone is 24. The van der Waals surface area contributed by atoms with Gasteiger partial charge in [0.1, 0.15) is 13.2 Å². The van der Waals surface area contributed by atoms with Crippen molar-refractivity contribution in [3.63, 3.8) is 0 Å². The normalized spacial score (nSPS) is 13.3. The molecule has 0 saturated carbocycles. The third kappa shape index (κ3) is 50.3. The second kappa shape index (κ2) is 52.9. The summed E-state index contributed by atoms with van der Waals surface area (Å²) in [5, 5.41) is 0. The Morgan fingerprint density at radius 3 is 1.06 bits per heavy atom. The monoisotopic (exact) mass is 909 g/mol. The van der Waals surface area contributed by atoms with Gasteiger partial charge in [0, 0.05) is 19.3 Å². The molecule has 0 aliphatic carbocycles. The lowest BCUT2D eigenvalue weighted by atomic mass is 10.1. The summed E-state index contributed by atoms with van der Waals surface area (Å²) in [6, 6.07) is 0. The van der Waals surface area contributed by atoms with Gasteiger partial charge in [-0.1, -0.05) is 199 Å². The van der Waals surface area contributed by atoms with E-state index in [9.17, 15) is 14.4 Å². The number of esters is 3. The van der Waals surface area contributed by atoms with Gasteiger partial charge >= 0.3 is 17.9 Å². The van der Waals surface area contributed by atoms with Crippen LogP contribution in [0.2, 0.25) is 0 Å². The molecule has 0 N–H and O–H groups in total. The Balaban J connectivity index is 4.64. The van der Waals surface area contributed by atoms with E-state index in [2.05, 4.69) is 154 Å². The molecule has 0 heterocycles. The predicted octanol–water partition coefficient (Wildman–Crippen LogP) is 17.3. The maximum absolute atomic E-state index is 12.8. The van der Waals surface area contributed by atoms with Gasteiger partial charge in [0.15, 0.2) is 6.10 Å². The van der Waals surface area contributed by atoms with Gasteiger partial charge in [0.05, 0.1) is 0 Å². The molecule has 0 saturated heterocycles. The summed E-state index contributed by atoms with van der Waals surface area (Å²) in [5.74, 6) is -1.14. The van der Waals surface area contributed by atoms with E-state index in [1.807, 2.05) is 12.2 Å². The van der Waals surface area contributed by atoms with E-state index >= 15 is 0 Å². The quantitative estimate of drug-likeness (QED) is 0.0262. The maximum Gasteiger partial charge on any atom is 0.306 e. The average Bonchev–Trinajstić information content (AvgIpc) is 3.31. The fourth-order valence-corrected chi connectivity index (χ4v) is 6.26. The molecule has 0 aliphatic rings. The second-order valence-corrected chi connectivity index (χ2v) is 16.3. The highest BCUT2D eigenvalue weighted by molar-refractivity contribution is 5.71. The largest absolute Gasteiger partial charge is 0.462 e. The van der Waals surface area contributed by atoms with Crippen LogP contribution in [0.25, 0.3) is 0 Å². The zero-order chi connectivity index (χ0) is 47.9. The minimum Gasteiger partial charge on any atom is -0.462 e. The van der Waals surface area contributed by atoms with Crippen molar-refractivity contribution in [2.75, 3.05) is 13.2 Å². The second-order valence-electron chi connectivity index (χ2n) is 16.3. The van der Waals surface area contributed by atoms with Crippen molar-refractivity contribution >= 4 is 17.9 Å². The average molecular weight is 909 g/mol. The molecule has 0 rings (SSSR count). The smallest absolute Gasteiger partial charge is 0.306 e. The minimum absolute atomic E-state index is 0.148. The molecule has 0 spiro atoms. The van der Waals surface area contributed by atoms with E-state index < -0.39 is 12.1 Å². The van der Waals surface area contributed by atoms with Crippen molar-refractivity contribution in [2.45, 2.75) is 200 Å². The van der Waals surface area contributed by atoms with Crippen LogP contribution in [-0.4, -0.2) is 37.2 Å². The lowest BCUT2D eigenvalue weighted by Gasteiger charge is -2.18. The van der Waals surface area contributed by atoms with Gasteiger partial charge in [-0.05, 0) is 122 Å². The first-order valence-electron chi connectivity index (χ1n) is 25.8. The molecule has 6 heteroatoms. The Kier molecular flexibility index (Phi) is 49.1. The number of hydrogen-bond acceptors (Lipinski definition) is 6. The molecule has 66 heavy (non-hydrogen) atoms. The van der Waals surface area contributed by atoms with Gasteiger partial charge in [-0.3, -0.25) is 14.4 Å². The SMILES string of the molecule is CC/C=C\C/C=C\C/C=C\C/C=C\C/C=C\C/C=C\CCC(=O)OCC(COC(=O)CCCC/C=C\C/C=C\C/C=C\CC)OC(=O)CCC/C=C\C/C=C\C/C=C\CCCCCCCC. The van der Waals surface area contributed by atoms with Crippen LogP contribution in [-0.2, 0) is 28.6 Å². The lowest BCUT2D eigenvalue weighted by Crippen LogP contribution is -2.30. The molecule has 0 fully saturated rings. The van der Waals surface area contributed by atoms with Crippen LogP contribution >= 0.6 is 0 Å². The van der Waals surface area contributed by atoms with E-state index in [0.717, 1.165) is 89.9 Å². The third-order valence-corrected chi connectivity index (χ3v) is 10.1. The Morgan fingerprint density at radius 1 is 0.318 bits per heavy atom. The fraction of sp³-hybridized carbons (Fsp3) is 0.550. The molecule has 0 amide bonds. The van der Waals surface area contributed by atoms with Crippen molar-refractivity contribution < 1.29 is 28.6 Å². The van der Waals surface area contributed by atoms with E-state index in [1.165, 1.54) is 44.9 Å². The number of carbonyl (C=O) groups excluding carboxylic acids is 3. The molecular weight excluding hydrogens is 817 g/mol. The Labute approximate surface area is 404 Å². The van der Waals surface area contributed by atoms with Crippen LogP contribution in [0.4, 0.5) is 0 Å². The van der Waals surface area contributed by atoms with Crippen molar-refractivity contribution in [3.05, 3.63) is 146 Å². The first-order chi connectivity index (χ1) is 32.5. The fourth-order valence-electron chi connectivity index (χ4n) is 6.26. The predicted molar refractivity (Wildman–Crippen MR) is 283 cm³/mol. The molecule has 368 valence electrons. The van der Waals surface area contributed by atoms with Gasteiger partial charge in [-0.15, -0.1) is 0 Å². The van der Waals surface area contributed by atoms with E-state index in [-0.39, 0.29) is 44.4 Å². The summed E-state index contributed by atoms with van der Waals surface area (Å²) < 4.78 is 16.6. The molecule has 0 radical (unpaired) electrons. The minimum atomic E-state index is -0.856. The molecule has 0 aliphatic heterocycles. The molecule has 6 nitrogen and oxygen atoms in total. The van der Waals surface area contributed by atoms with Gasteiger partial charge in [0.25, 0.3) is 0 Å². The van der Waals surface area contributed by atoms with Crippen molar-refractivity contribution in [3.8, 4) is 0 Å². The van der Waals surface area contributed by atoms with Crippen molar-refractivity contribution in [2.24, 2.45) is 0 Å². The van der Waals surface area contributed by atoms with Crippen LogP contribution in [0.1, 0.15) is 194 Å². The molecule has 0 aromatic heterocycles. The number of rotatable bonds is 44. The van der Waals surface area contributed by atoms with Crippen molar-refractivity contribution in [1.82, 2.24) is 0 Å². The summed E-state index contributed by atoms with van der Waals surface area (Å²) >= 11 is 0. The van der Waals surface area contributed by atoms with Crippen molar-refractivity contribution in [1.29, 1.82) is 0 Å². The number of hydrogen-bond donors (Lipinski definition) is 0. The van der Waals surface area contributed by atoms with E-state index in [0.29, 0.717) is 19.3 Å². The highest BCUT2D eigenvalue weighted by Crippen LogP contribution is 2.10. The topological polar surface area (TPSA) is 78.9 Å². The maximum atomic E-state index is 12.8. The molecular formula is C60H92O6. The Morgan fingerprint density at radius 2 is 0.636 bits per heavy atom. The molecule has 0 aromatic rings. The summed E-state index contributed by atoms with van der Waals surface area (Å²) in [5.41, 5.74) is 0. The number of unbranched alkanes of at least 4 members (excludes halogenated alkanes) is 9. The molecule has 1 atom stereocenters. The molecule has 0 aromatic carbocycles. The lowest BCUT2D eigenvalue weighted by molar-refractivity contribution is -0.166. The summed E-state index contributed by atoms with van der Waals surface area (Å²) in [6.07, 6.45) is 75.7. The van der Waals surface area contributed by atoms with Crippen LogP contribution in [0.5, 0.6) is 0 Å². The summed E-state index contributed by atoms with van der Waals surface area (Å²) in [7, 11) is 0. The Bertz CT molecular complexity index is 1510. The third-order valence-electron chi connectivity index (χ3n) is 10.1. The summed E-state index contributed by atoms with van der Waals surface area (Å²) in [4.78, 5) is 37.9. The summed E-state index contributed by atoms with van der Waals surface area (Å²) in [6.45, 7) is 6.23. The van der Waals surface area contributed by atoms with Gasteiger partial charge in [-0.2, -0.15) is 0 Å². The molecule has 1 unspecified atom stereocenters. The molecule has 0 bridgehead atoms. The zero-order valence-electron chi connectivity index (χ0n) is 41.9. The van der Waals surface area contributed by atoms with E-state index in [4.69, 9.17) is 14.2 Å². The van der Waals surface area contributed by atoms with Gasteiger partial charge < -0.3 is 14.2 Å². The van der Waals surface area contributed by atoms with Crippen LogP contribution in [0, 0.1) is 0 Å². The number of carbonyl (C=O) groups is 3. The van der Waals surface area contributed by atoms with Gasteiger partial charge in [0.2, 0.25) is 0 Å². The number of ether oxygens (including phenoxy) is 3. The van der Waals surface area contributed by atoms with Crippen LogP contribution in [0.15, 0.2) is 146 Å². The van der Waals surface area contributed by atoms with E-state index in [1.54, 1.807) is 0 Å². The highest BCUT2D eigenvalue weighted by Gasteiger charge is 2.19. The first-order valence-corrected chi connectivity index (χ1v) is 25.8. The first kappa shape index (κ1) is 61.3. The van der Waals surface area contributed by atoms with Crippen LogP contribution < -0.4 is 0 Å². The highest BCUT2D eigenvalue weighted by atomic mass is 16.6. The standard InChI is InChI=1S/C60H92O6/c1-4-7-10-13-16-19-22-25-27-29-30-32-33-35-38-41-44-47-50-53-59(62)65-56-57(55-64-58(61)52-49-46-43-40-37-24-21-18-15-12-9-6-3)66-60(63)54-51-48-45-42-39-36-34-31-28-26-23-20-17-14-11-8-5-2/h7,9-10,12,16,18-19,21,25-28,30,32,34-38,40,42,44-45,47,57H,4-6,8,11,13-15,17,20,22-24,29,31,33,39,41,43,46,48-56H2,1-3H3/b10-7-,12-9-,19-16-,21-18-,27-25-,28-26-,32-30-,36-34-,38-35-,40-37-,45-42-,47-44-. The Hall–Kier alpha value is -4.71. The zero-order valence-corrected chi connectivity index (χ0v) is 41.9. The van der Waals surface area contributed by atoms with Gasteiger partial charge in [-0.25, -0.2) is 0 Å². The van der Waals surface area contributed by atoms with Crippen LogP contribution in [0.3, 0.4) is 0 Å².